The van der Waals surface area contributed by atoms with Crippen molar-refractivity contribution in [1.82, 2.24) is 19.4 Å². The van der Waals surface area contributed by atoms with Gasteiger partial charge in [-0.3, -0.25) is 9.20 Å². The molecule has 3 heterocycles. The largest absolute Gasteiger partial charge is 0.469 e. The number of nitrogens with two attached hydrogens (primary N) is 1. The van der Waals surface area contributed by atoms with Crippen LogP contribution in [0.4, 0.5) is 5.82 Å². The van der Waals surface area contributed by atoms with E-state index >= 15 is 0 Å². The quantitative estimate of drug-likeness (QED) is 0.470. The molecule has 8 heteroatoms. The van der Waals surface area contributed by atoms with Crippen LogP contribution in [-0.2, 0) is 9.53 Å². The molecule has 3 N–H and O–H groups in total. The van der Waals surface area contributed by atoms with Gasteiger partial charge in [-0.1, -0.05) is 23.7 Å². The average Bonchev–Trinajstić information content (AvgIpc) is 3.37. The number of anilines is 1. The molecule has 0 bridgehead atoms. The maximum absolute atomic E-state index is 11.9. The van der Waals surface area contributed by atoms with Crippen LogP contribution in [0.15, 0.2) is 36.7 Å². The summed E-state index contributed by atoms with van der Waals surface area (Å²) in [6.07, 6.45) is 6.94. The highest BCUT2D eigenvalue weighted by Crippen LogP contribution is 2.39. The minimum atomic E-state index is -0.120. The fourth-order valence-corrected chi connectivity index (χ4v) is 4.79. The Labute approximate surface area is 178 Å². The number of benzene rings is 1. The number of hydrogen-bond acceptors (Lipinski definition) is 5. The number of carbonyl (C=O) groups excluding carboxylic acids is 1. The molecule has 4 aromatic rings. The molecule has 1 aromatic carbocycles. The van der Waals surface area contributed by atoms with Gasteiger partial charge in [0, 0.05) is 23.7 Å². The standard InChI is InChI=1S/C22H22ClN5O2/c1-30-22(29)13-7-5-12(6-8-13)21-27-18(19-20(24)25-9-10-28(19)21)16-11-14-3-2-4-15(23)17(14)26-16/h2-4,9-13,26H,5-8H2,1H3,(H2,24,25). The Hall–Kier alpha value is -3.06. The molecule has 0 unspecified atom stereocenters. The summed E-state index contributed by atoms with van der Waals surface area (Å²) in [4.78, 5) is 24.6. The zero-order valence-electron chi connectivity index (χ0n) is 16.6. The van der Waals surface area contributed by atoms with Crippen molar-refractivity contribution < 1.29 is 9.53 Å². The summed E-state index contributed by atoms with van der Waals surface area (Å²) >= 11 is 6.35. The molecule has 0 aliphatic heterocycles. The zero-order valence-corrected chi connectivity index (χ0v) is 17.3. The molecule has 7 nitrogen and oxygen atoms in total. The SMILES string of the molecule is COC(=O)C1CCC(c2nc(-c3cc4cccc(Cl)c4[nH]3)c3c(N)nccn23)CC1. The lowest BCUT2D eigenvalue weighted by molar-refractivity contribution is -0.146. The van der Waals surface area contributed by atoms with E-state index in [9.17, 15) is 4.79 Å². The maximum Gasteiger partial charge on any atom is 0.308 e. The minimum Gasteiger partial charge on any atom is -0.469 e. The first-order valence-electron chi connectivity index (χ1n) is 10.0. The second kappa shape index (κ2) is 7.32. The van der Waals surface area contributed by atoms with E-state index in [4.69, 9.17) is 27.1 Å². The molecule has 1 aliphatic carbocycles. The summed E-state index contributed by atoms with van der Waals surface area (Å²) in [6.45, 7) is 0. The number of halogens is 1. The van der Waals surface area contributed by atoms with Crippen LogP contribution in [0.1, 0.15) is 37.4 Å². The number of nitrogen functional groups attached to an aromatic ring is 1. The van der Waals surface area contributed by atoms with Crippen LogP contribution in [0, 0.1) is 5.92 Å². The van der Waals surface area contributed by atoms with Gasteiger partial charge in [-0.25, -0.2) is 9.97 Å². The van der Waals surface area contributed by atoms with Crippen molar-refractivity contribution in [2.24, 2.45) is 5.92 Å². The number of aromatic nitrogens is 4. The molecule has 3 aromatic heterocycles. The lowest BCUT2D eigenvalue weighted by atomic mass is 9.81. The topological polar surface area (TPSA) is 98.3 Å². The van der Waals surface area contributed by atoms with Gasteiger partial charge in [0.25, 0.3) is 0 Å². The lowest BCUT2D eigenvalue weighted by Gasteiger charge is -2.26. The monoisotopic (exact) mass is 423 g/mol. The number of ether oxygens (including phenoxy) is 1. The molecule has 5 rings (SSSR count). The third-order valence-electron chi connectivity index (χ3n) is 6.10. The Balaban J connectivity index is 1.59. The molecular formula is C22H22ClN5O2. The summed E-state index contributed by atoms with van der Waals surface area (Å²) in [5, 5.41) is 1.68. The highest BCUT2D eigenvalue weighted by Gasteiger charge is 2.31. The van der Waals surface area contributed by atoms with Gasteiger partial charge in [0.05, 0.1) is 29.3 Å². The highest BCUT2D eigenvalue weighted by molar-refractivity contribution is 6.35. The number of nitrogens with one attached hydrogen (secondary N) is 1. The first-order chi connectivity index (χ1) is 14.6. The summed E-state index contributed by atoms with van der Waals surface area (Å²) < 4.78 is 6.95. The second-order valence-corrected chi connectivity index (χ2v) is 8.22. The van der Waals surface area contributed by atoms with Gasteiger partial charge < -0.3 is 15.5 Å². The number of esters is 1. The second-order valence-electron chi connectivity index (χ2n) is 7.81. The average molecular weight is 424 g/mol. The molecule has 0 atom stereocenters. The minimum absolute atomic E-state index is 0.0282. The summed E-state index contributed by atoms with van der Waals surface area (Å²) in [7, 11) is 1.45. The third kappa shape index (κ3) is 3.01. The number of hydrogen-bond donors (Lipinski definition) is 2. The van der Waals surface area contributed by atoms with Crippen molar-refractivity contribution >= 4 is 39.8 Å². The number of rotatable bonds is 3. The van der Waals surface area contributed by atoms with E-state index < -0.39 is 0 Å². The molecule has 154 valence electrons. The predicted octanol–water partition coefficient (Wildman–Crippen LogP) is 4.56. The van der Waals surface area contributed by atoms with Gasteiger partial charge in [0.15, 0.2) is 0 Å². The number of fused-ring (bicyclic) bond motifs is 2. The molecule has 0 saturated heterocycles. The van der Waals surface area contributed by atoms with Crippen LogP contribution in [0.3, 0.4) is 0 Å². The van der Waals surface area contributed by atoms with E-state index in [1.54, 1.807) is 6.20 Å². The number of aromatic amines is 1. The molecule has 1 fully saturated rings. The number of para-hydroxylation sites is 1. The number of imidazole rings is 1. The Kier molecular flexibility index (Phi) is 4.62. The number of H-pyrrole nitrogens is 1. The maximum atomic E-state index is 11.9. The Morgan fingerprint density at radius 2 is 2.10 bits per heavy atom. The Bertz CT molecular complexity index is 1250. The van der Waals surface area contributed by atoms with Gasteiger partial charge in [0.1, 0.15) is 22.9 Å². The van der Waals surface area contributed by atoms with E-state index in [1.165, 1.54) is 7.11 Å². The first-order valence-corrected chi connectivity index (χ1v) is 10.4. The lowest BCUT2D eigenvalue weighted by Crippen LogP contribution is -2.23. The van der Waals surface area contributed by atoms with Gasteiger partial charge in [-0.2, -0.15) is 0 Å². The first kappa shape index (κ1) is 18.9. The molecule has 1 saturated carbocycles. The molecule has 0 amide bonds. The van der Waals surface area contributed by atoms with Crippen LogP contribution in [0.2, 0.25) is 5.02 Å². The number of methoxy groups -OCH3 is 1. The highest BCUT2D eigenvalue weighted by atomic mass is 35.5. The fourth-order valence-electron chi connectivity index (χ4n) is 4.56. The van der Waals surface area contributed by atoms with Crippen molar-refractivity contribution in [1.29, 1.82) is 0 Å². The van der Waals surface area contributed by atoms with Crippen molar-refractivity contribution in [3.05, 3.63) is 47.5 Å². The van der Waals surface area contributed by atoms with Gasteiger partial charge >= 0.3 is 5.97 Å². The van der Waals surface area contributed by atoms with Crippen LogP contribution >= 0.6 is 11.6 Å². The van der Waals surface area contributed by atoms with Gasteiger partial charge in [0.2, 0.25) is 0 Å². The van der Waals surface area contributed by atoms with Crippen LogP contribution in [0.5, 0.6) is 0 Å². The van der Waals surface area contributed by atoms with Gasteiger partial charge in [-0.15, -0.1) is 0 Å². The Morgan fingerprint density at radius 1 is 1.30 bits per heavy atom. The summed E-state index contributed by atoms with van der Waals surface area (Å²) in [5.41, 5.74) is 9.54. The molecular weight excluding hydrogens is 402 g/mol. The normalized spacial score (nSPS) is 19.4. The van der Waals surface area contributed by atoms with E-state index in [-0.39, 0.29) is 17.8 Å². The van der Waals surface area contributed by atoms with Crippen LogP contribution < -0.4 is 5.73 Å². The van der Waals surface area contributed by atoms with E-state index in [1.807, 2.05) is 34.9 Å². The van der Waals surface area contributed by atoms with Crippen LogP contribution in [0.25, 0.3) is 27.8 Å². The Morgan fingerprint density at radius 3 is 2.83 bits per heavy atom. The summed E-state index contributed by atoms with van der Waals surface area (Å²) in [5.74, 6) is 1.47. The van der Waals surface area contributed by atoms with Crippen molar-refractivity contribution in [3.63, 3.8) is 0 Å². The fraction of sp³-hybridized carbons (Fsp3) is 0.318. The molecule has 1 aliphatic rings. The number of nitrogens with zero attached hydrogens (tertiary/aromatic N) is 3. The van der Waals surface area contributed by atoms with Gasteiger partial charge in [-0.05, 0) is 37.8 Å². The number of carbonyl (C=O) groups is 1. The van der Waals surface area contributed by atoms with Crippen molar-refractivity contribution in [3.8, 4) is 11.4 Å². The zero-order chi connectivity index (χ0) is 20.8. The molecule has 0 spiro atoms. The van der Waals surface area contributed by atoms with Crippen molar-refractivity contribution in [2.45, 2.75) is 31.6 Å². The summed E-state index contributed by atoms with van der Waals surface area (Å²) in [6, 6.07) is 7.83. The predicted molar refractivity (Wildman–Crippen MR) is 116 cm³/mol. The van der Waals surface area contributed by atoms with E-state index in [2.05, 4.69) is 9.97 Å². The van der Waals surface area contributed by atoms with Crippen LogP contribution in [-0.4, -0.2) is 32.4 Å². The molecule has 30 heavy (non-hydrogen) atoms. The molecule has 0 radical (unpaired) electrons. The van der Waals surface area contributed by atoms with E-state index in [0.29, 0.717) is 10.8 Å². The third-order valence-corrected chi connectivity index (χ3v) is 6.41. The smallest absolute Gasteiger partial charge is 0.308 e. The van der Waals surface area contributed by atoms with Crippen molar-refractivity contribution in [2.75, 3.05) is 12.8 Å². The van der Waals surface area contributed by atoms with E-state index in [0.717, 1.165) is 59.3 Å².